The minimum absolute atomic E-state index is 0.185. The summed E-state index contributed by atoms with van der Waals surface area (Å²) in [5.41, 5.74) is 0. The maximum Gasteiger partial charge on any atom is 0.362 e. The zero-order chi connectivity index (χ0) is 27.4. The van der Waals surface area contributed by atoms with Crippen molar-refractivity contribution in [1.82, 2.24) is 0 Å². The average molecular weight is 513 g/mol. The lowest BCUT2D eigenvalue weighted by Crippen LogP contribution is -2.72. The second-order valence-electron chi connectivity index (χ2n) is 10.1. The third-order valence-electron chi connectivity index (χ3n) is 7.56. The molecular formula is C29H54NO6+. The van der Waals surface area contributed by atoms with E-state index in [1.807, 2.05) is 0 Å². The van der Waals surface area contributed by atoms with Crippen LogP contribution in [0.5, 0.6) is 0 Å². The second kappa shape index (κ2) is 20.2. The Hall–Kier alpha value is -1.89. The van der Waals surface area contributed by atoms with Gasteiger partial charge in [-0.1, -0.05) is 84.8 Å². The van der Waals surface area contributed by atoms with Gasteiger partial charge in [0.05, 0.1) is 6.54 Å². The van der Waals surface area contributed by atoms with Crippen LogP contribution in [0.15, 0.2) is 12.2 Å². The first-order valence-corrected chi connectivity index (χ1v) is 14.4. The van der Waals surface area contributed by atoms with E-state index in [2.05, 4.69) is 19.1 Å². The molecule has 0 aromatic rings. The van der Waals surface area contributed by atoms with Crippen molar-refractivity contribution in [3.8, 4) is 0 Å². The molecule has 3 unspecified atom stereocenters. The summed E-state index contributed by atoms with van der Waals surface area (Å²) in [6.07, 6.45) is 19.9. The molecule has 0 amide bonds. The molecular weight excluding hydrogens is 458 g/mol. The van der Waals surface area contributed by atoms with Gasteiger partial charge >= 0.3 is 17.9 Å². The highest BCUT2D eigenvalue weighted by atomic mass is 16.4. The van der Waals surface area contributed by atoms with Crippen molar-refractivity contribution in [2.24, 2.45) is 0 Å². The Labute approximate surface area is 219 Å². The minimum atomic E-state index is -1.12. The van der Waals surface area contributed by atoms with Crippen LogP contribution in [0.4, 0.5) is 0 Å². The molecule has 0 rings (SSSR count). The molecule has 0 heterocycles. The van der Waals surface area contributed by atoms with Gasteiger partial charge in [0, 0.05) is 19.3 Å². The predicted molar refractivity (Wildman–Crippen MR) is 145 cm³/mol. The maximum absolute atomic E-state index is 12.2. The molecule has 7 nitrogen and oxygen atoms in total. The predicted octanol–water partition coefficient (Wildman–Crippen LogP) is 7.04. The first-order valence-electron chi connectivity index (χ1n) is 14.4. The van der Waals surface area contributed by atoms with Crippen LogP contribution in [0, 0.1) is 0 Å². The van der Waals surface area contributed by atoms with Crippen LogP contribution in [0.2, 0.25) is 0 Å². The van der Waals surface area contributed by atoms with Gasteiger partial charge in [0.2, 0.25) is 0 Å². The Kier molecular flexibility index (Phi) is 19.1. The molecule has 0 aliphatic heterocycles. The number of carboxylic acids is 3. The molecule has 0 aliphatic carbocycles. The van der Waals surface area contributed by atoms with Crippen LogP contribution in [-0.4, -0.2) is 62.4 Å². The van der Waals surface area contributed by atoms with Crippen molar-refractivity contribution < 1.29 is 34.2 Å². The molecule has 0 saturated carbocycles. The average Bonchev–Trinajstić information content (AvgIpc) is 2.82. The maximum atomic E-state index is 12.2. The number of unbranched alkanes of at least 4 members (excludes halogenated alkanes) is 11. The lowest BCUT2D eigenvalue weighted by Gasteiger charge is -2.49. The fourth-order valence-electron chi connectivity index (χ4n) is 5.74. The van der Waals surface area contributed by atoms with Gasteiger partial charge in [-0.05, 0) is 38.5 Å². The van der Waals surface area contributed by atoms with Crippen molar-refractivity contribution in [3.63, 3.8) is 0 Å². The van der Waals surface area contributed by atoms with Gasteiger partial charge in [0.1, 0.15) is 0 Å². The zero-order valence-electron chi connectivity index (χ0n) is 23.4. The standard InChI is InChI=1S/C29H53NO6/c1-5-9-10-11-12-13-14-15-16-17-18-19-20-21-22-23-30(24(6-2)27(31)32,25(7-3)28(33)34)26(8-4)29(35)36/h17-18,24-26H,5-16,19-23H2,1-4H3,(H2-,31,32,33,34,35,36)/p+1/b18-17+. The molecule has 3 N–H and O–H groups in total. The molecule has 0 radical (unpaired) electrons. The normalized spacial score (nSPS) is 15.9. The van der Waals surface area contributed by atoms with Crippen molar-refractivity contribution in [2.75, 3.05) is 6.54 Å². The molecule has 210 valence electrons. The fourth-order valence-corrected chi connectivity index (χ4v) is 5.74. The minimum Gasteiger partial charge on any atom is -0.477 e. The van der Waals surface area contributed by atoms with E-state index in [4.69, 9.17) is 0 Å². The van der Waals surface area contributed by atoms with Crippen LogP contribution in [0.3, 0.4) is 0 Å². The molecule has 0 spiro atoms. The number of carboxylic acid groups (broad SMARTS) is 3. The third kappa shape index (κ3) is 11.4. The topological polar surface area (TPSA) is 112 Å². The summed E-state index contributed by atoms with van der Waals surface area (Å²) in [4.78, 5) is 36.6. The van der Waals surface area contributed by atoms with E-state index >= 15 is 0 Å². The van der Waals surface area contributed by atoms with E-state index in [0.29, 0.717) is 6.42 Å². The van der Waals surface area contributed by atoms with Gasteiger partial charge in [-0.3, -0.25) is 4.48 Å². The number of aliphatic carboxylic acids is 3. The summed E-state index contributed by atoms with van der Waals surface area (Å²) in [5, 5.41) is 29.9. The number of hydrogen-bond donors (Lipinski definition) is 3. The fraction of sp³-hybridized carbons (Fsp3) is 0.828. The Morgan fingerprint density at radius 3 is 1.22 bits per heavy atom. The lowest BCUT2D eigenvalue weighted by atomic mass is 9.94. The number of nitrogens with zero attached hydrogens (tertiary/aromatic N) is 1. The number of carbonyl (C=O) groups is 3. The van der Waals surface area contributed by atoms with Gasteiger partial charge in [0.15, 0.2) is 18.1 Å². The third-order valence-corrected chi connectivity index (χ3v) is 7.56. The largest absolute Gasteiger partial charge is 0.477 e. The van der Waals surface area contributed by atoms with Crippen LogP contribution >= 0.6 is 0 Å². The molecule has 0 fully saturated rings. The highest BCUT2D eigenvalue weighted by molar-refractivity contribution is 5.78. The summed E-state index contributed by atoms with van der Waals surface area (Å²) in [7, 11) is 0. The number of hydrogen-bond acceptors (Lipinski definition) is 3. The quantitative estimate of drug-likeness (QED) is 0.0726. The first-order chi connectivity index (χ1) is 17.2. The molecule has 0 aromatic carbocycles. The van der Waals surface area contributed by atoms with Crippen LogP contribution < -0.4 is 0 Å². The van der Waals surface area contributed by atoms with E-state index in [0.717, 1.165) is 25.7 Å². The van der Waals surface area contributed by atoms with E-state index < -0.39 is 40.5 Å². The van der Waals surface area contributed by atoms with E-state index in [9.17, 15) is 29.7 Å². The lowest BCUT2D eigenvalue weighted by molar-refractivity contribution is -0.973. The Morgan fingerprint density at radius 2 is 0.889 bits per heavy atom. The van der Waals surface area contributed by atoms with Gasteiger partial charge in [-0.15, -0.1) is 0 Å². The smallest absolute Gasteiger partial charge is 0.362 e. The first kappa shape index (κ1) is 34.1. The molecule has 7 heteroatoms. The zero-order valence-corrected chi connectivity index (χ0v) is 23.4. The van der Waals surface area contributed by atoms with Crippen molar-refractivity contribution >= 4 is 17.9 Å². The van der Waals surface area contributed by atoms with Crippen LogP contribution in [0.25, 0.3) is 0 Å². The Bertz CT molecular complexity index is 593. The van der Waals surface area contributed by atoms with Gasteiger partial charge < -0.3 is 15.3 Å². The van der Waals surface area contributed by atoms with Crippen LogP contribution in [-0.2, 0) is 14.4 Å². The van der Waals surface area contributed by atoms with E-state index in [1.165, 1.54) is 51.4 Å². The van der Waals surface area contributed by atoms with Crippen LogP contribution in [0.1, 0.15) is 130 Å². The molecule has 36 heavy (non-hydrogen) atoms. The van der Waals surface area contributed by atoms with Crippen molar-refractivity contribution in [2.45, 2.75) is 149 Å². The van der Waals surface area contributed by atoms with E-state index in [-0.39, 0.29) is 25.8 Å². The summed E-state index contributed by atoms with van der Waals surface area (Å²) in [6, 6.07) is -3.21. The number of rotatable bonds is 24. The molecule has 0 aliphatic rings. The van der Waals surface area contributed by atoms with Gasteiger partial charge in [-0.2, -0.15) is 0 Å². The van der Waals surface area contributed by atoms with Crippen molar-refractivity contribution in [3.05, 3.63) is 12.2 Å². The SMILES string of the molecule is CCCCCCCCCC/C=C/CCCCC[N+](C(CC)C(=O)O)(C(CC)C(=O)O)C(CC)C(=O)O. The van der Waals surface area contributed by atoms with E-state index in [1.54, 1.807) is 20.8 Å². The molecule has 3 atom stereocenters. The van der Waals surface area contributed by atoms with Gasteiger partial charge in [0.25, 0.3) is 0 Å². The Balaban J connectivity index is 4.93. The van der Waals surface area contributed by atoms with Crippen molar-refractivity contribution in [1.29, 1.82) is 0 Å². The molecule has 0 bridgehead atoms. The monoisotopic (exact) mass is 512 g/mol. The number of allylic oxidation sites excluding steroid dienone is 2. The Morgan fingerprint density at radius 1 is 0.556 bits per heavy atom. The summed E-state index contributed by atoms with van der Waals surface area (Å²) in [5.74, 6) is -3.37. The molecule has 0 saturated heterocycles. The number of quaternary nitrogens is 1. The highest BCUT2D eigenvalue weighted by Gasteiger charge is 2.55. The summed E-state index contributed by atoms with van der Waals surface area (Å²) in [6.45, 7) is 7.58. The summed E-state index contributed by atoms with van der Waals surface area (Å²) < 4.78 is -0.419. The highest BCUT2D eigenvalue weighted by Crippen LogP contribution is 2.32. The second-order valence-corrected chi connectivity index (χ2v) is 10.1. The summed E-state index contributed by atoms with van der Waals surface area (Å²) >= 11 is 0. The van der Waals surface area contributed by atoms with Gasteiger partial charge in [-0.25, -0.2) is 14.4 Å². The molecule has 0 aromatic heterocycles.